The standard InChI is InChI=1S/C15H15FN2O3S/c1-10-6-7-13(9-14(10)22(20,21)17-2)18-15(19)11-4-3-5-12(16)8-11/h3-9,17H,1-2H3,(H,18,19). The number of aryl methyl sites for hydroxylation is 1. The molecule has 2 aromatic rings. The Labute approximate surface area is 128 Å². The first-order valence-corrected chi connectivity index (χ1v) is 7.93. The number of carbonyl (C=O) groups is 1. The van der Waals surface area contributed by atoms with Crippen molar-refractivity contribution in [3.8, 4) is 0 Å². The van der Waals surface area contributed by atoms with Crippen LogP contribution in [0.4, 0.5) is 10.1 Å². The van der Waals surface area contributed by atoms with Crippen molar-refractivity contribution in [1.29, 1.82) is 0 Å². The van der Waals surface area contributed by atoms with Crippen molar-refractivity contribution in [1.82, 2.24) is 4.72 Å². The lowest BCUT2D eigenvalue weighted by Crippen LogP contribution is -2.20. The summed E-state index contributed by atoms with van der Waals surface area (Å²) in [5, 5.41) is 2.55. The molecule has 0 aliphatic heterocycles. The van der Waals surface area contributed by atoms with Crippen molar-refractivity contribution in [2.45, 2.75) is 11.8 Å². The van der Waals surface area contributed by atoms with E-state index in [1.165, 1.54) is 31.3 Å². The second kappa shape index (κ2) is 6.25. The maximum atomic E-state index is 13.1. The smallest absolute Gasteiger partial charge is 0.255 e. The molecule has 5 nitrogen and oxygen atoms in total. The molecule has 0 radical (unpaired) electrons. The van der Waals surface area contributed by atoms with Gasteiger partial charge in [-0.2, -0.15) is 0 Å². The minimum absolute atomic E-state index is 0.0760. The van der Waals surface area contributed by atoms with E-state index in [4.69, 9.17) is 0 Å². The quantitative estimate of drug-likeness (QED) is 0.907. The molecule has 0 unspecified atom stereocenters. The Kier molecular flexibility index (Phi) is 4.58. The number of sulfonamides is 1. The summed E-state index contributed by atoms with van der Waals surface area (Å²) in [6.07, 6.45) is 0. The number of carbonyl (C=O) groups excluding carboxylic acids is 1. The second-order valence-electron chi connectivity index (χ2n) is 4.65. The van der Waals surface area contributed by atoms with E-state index in [1.807, 2.05) is 0 Å². The van der Waals surface area contributed by atoms with Gasteiger partial charge >= 0.3 is 0 Å². The highest BCUT2D eigenvalue weighted by Gasteiger charge is 2.16. The minimum atomic E-state index is -3.62. The fourth-order valence-corrected chi connectivity index (χ4v) is 2.90. The molecule has 0 bridgehead atoms. The van der Waals surface area contributed by atoms with Gasteiger partial charge in [0.2, 0.25) is 10.0 Å². The maximum Gasteiger partial charge on any atom is 0.255 e. The monoisotopic (exact) mass is 322 g/mol. The van der Waals surface area contributed by atoms with Crippen LogP contribution >= 0.6 is 0 Å². The zero-order valence-corrected chi connectivity index (χ0v) is 12.9. The van der Waals surface area contributed by atoms with Gasteiger partial charge in [0.1, 0.15) is 5.82 Å². The number of anilines is 1. The first-order chi connectivity index (χ1) is 10.3. The van der Waals surface area contributed by atoms with Gasteiger partial charge in [-0.1, -0.05) is 12.1 Å². The van der Waals surface area contributed by atoms with Crippen LogP contribution < -0.4 is 10.0 Å². The van der Waals surface area contributed by atoms with Crippen molar-refractivity contribution in [3.05, 3.63) is 59.4 Å². The van der Waals surface area contributed by atoms with E-state index >= 15 is 0 Å². The average Bonchev–Trinajstić information content (AvgIpc) is 2.49. The van der Waals surface area contributed by atoms with Gasteiger partial charge in [0.15, 0.2) is 0 Å². The van der Waals surface area contributed by atoms with Gasteiger partial charge in [-0.25, -0.2) is 17.5 Å². The molecule has 1 amide bonds. The third-order valence-electron chi connectivity index (χ3n) is 3.09. The van der Waals surface area contributed by atoms with Gasteiger partial charge in [-0.15, -0.1) is 0 Å². The van der Waals surface area contributed by atoms with E-state index in [-0.39, 0.29) is 10.5 Å². The molecule has 0 aliphatic carbocycles. The molecule has 2 rings (SSSR count). The van der Waals surface area contributed by atoms with Crippen molar-refractivity contribution >= 4 is 21.6 Å². The van der Waals surface area contributed by atoms with Crippen molar-refractivity contribution < 1.29 is 17.6 Å². The molecular formula is C15H15FN2O3S. The van der Waals surface area contributed by atoms with Gasteiger partial charge < -0.3 is 5.32 Å². The lowest BCUT2D eigenvalue weighted by Gasteiger charge is -2.10. The first-order valence-electron chi connectivity index (χ1n) is 6.44. The van der Waals surface area contributed by atoms with Crippen molar-refractivity contribution in [2.75, 3.05) is 12.4 Å². The fraction of sp³-hybridized carbons (Fsp3) is 0.133. The molecule has 2 N–H and O–H groups in total. The zero-order chi connectivity index (χ0) is 16.3. The van der Waals surface area contributed by atoms with Crippen molar-refractivity contribution in [2.24, 2.45) is 0 Å². The Morgan fingerprint density at radius 2 is 1.86 bits per heavy atom. The first kappa shape index (κ1) is 16.1. The zero-order valence-electron chi connectivity index (χ0n) is 12.1. The SMILES string of the molecule is CNS(=O)(=O)c1cc(NC(=O)c2cccc(F)c2)ccc1C. The summed E-state index contributed by atoms with van der Waals surface area (Å²) in [6, 6.07) is 9.77. The summed E-state index contributed by atoms with van der Waals surface area (Å²) in [6.45, 7) is 1.66. The fourth-order valence-electron chi connectivity index (χ4n) is 1.91. The van der Waals surface area contributed by atoms with Crippen LogP contribution in [-0.2, 0) is 10.0 Å². The molecule has 0 heterocycles. The molecule has 0 saturated heterocycles. The third-order valence-corrected chi connectivity index (χ3v) is 4.65. The number of nitrogens with one attached hydrogen (secondary N) is 2. The Hall–Kier alpha value is -2.25. The number of halogens is 1. The molecule has 116 valence electrons. The van der Waals surface area contributed by atoms with Crippen LogP contribution in [0.2, 0.25) is 0 Å². The van der Waals surface area contributed by atoms with E-state index in [0.29, 0.717) is 11.3 Å². The van der Waals surface area contributed by atoms with Crippen LogP contribution in [0, 0.1) is 12.7 Å². The van der Waals surface area contributed by atoms with E-state index in [1.54, 1.807) is 19.1 Å². The second-order valence-corrected chi connectivity index (χ2v) is 6.51. The van der Waals surface area contributed by atoms with Crippen LogP contribution in [0.1, 0.15) is 15.9 Å². The summed E-state index contributed by atoms with van der Waals surface area (Å²) >= 11 is 0. The maximum absolute atomic E-state index is 13.1. The molecule has 0 fully saturated rings. The normalized spacial score (nSPS) is 11.2. The number of hydrogen-bond donors (Lipinski definition) is 2. The molecule has 22 heavy (non-hydrogen) atoms. The van der Waals surface area contributed by atoms with Crippen LogP contribution in [0.15, 0.2) is 47.4 Å². The summed E-state index contributed by atoms with van der Waals surface area (Å²) in [7, 11) is -2.31. The largest absolute Gasteiger partial charge is 0.322 e. The Balaban J connectivity index is 2.31. The molecule has 0 aromatic heterocycles. The summed E-state index contributed by atoms with van der Waals surface area (Å²) < 4.78 is 39.1. The highest BCUT2D eigenvalue weighted by Crippen LogP contribution is 2.20. The van der Waals surface area contributed by atoms with Gasteiger partial charge in [0.05, 0.1) is 4.90 Å². The van der Waals surface area contributed by atoms with Crippen LogP contribution in [0.3, 0.4) is 0 Å². The Morgan fingerprint density at radius 3 is 2.50 bits per heavy atom. The molecule has 0 atom stereocenters. The predicted octanol–water partition coefficient (Wildman–Crippen LogP) is 2.29. The van der Waals surface area contributed by atoms with E-state index in [2.05, 4.69) is 10.0 Å². The molecule has 0 saturated carbocycles. The van der Waals surface area contributed by atoms with Gasteiger partial charge in [-0.3, -0.25) is 4.79 Å². The molecule has 7 heteroatoms. The lowest BCUT2D eigenvalue weighted by molar-refractivity contribution is 0.102. The number of rotatable bonds is 4. The summed E-state index contributed by atoms with van der Waals surface area (Å²) in [5.74, 6) is -1.04. The Bertz CT molecular complexity index is 819. The predicted molar refractivity (Wildman–Crippen MR) is 81.8 cm³/mol. The Morgan fingerprint density at radius 1 is 1.14 bits per heavy atom. The van der Waals surface area contributed by atoms with Crippen LogP contribution in [0.5, 0.6) is 0 Å². The van der Waals surface area contributed by atoms with E-state index in [9.17, 15) is 17.6 Å². The highest BCUT2D eigenvalue weighted by molar-refractivity contribution is 7.89. The van der Waals surface area contributed by atoms with Crippen molar-refractivity contribution in [3.63, 3.8) is 0 Å². The molecule has 2 aromatic carbocycles. The van der Waals surface area contributed by atoms with Crippen LogP contribution in [0.25, 0.3) is 0 Å². The number of benzene rings is 2. The summed E-state index contributed by atoms with van der Waals surface area (Å²) in [5.41, 5.74) is 1.02. The topological polar surface area (TPSA) is 75.3 Å². The van der Waals surface area contributed by atoms with Crippen LogP contribution in [-0.4, -0.2) is 21.4 Å². The van der Waals surface area contributed by atoms with Gasteiger partial charge in [-0.05, 0) is 49.9 Å². The number of hydrogen-bond acceptors (Lipinski definition) is 3. The van der Waals surface area contributed by atoms with Gasteiger partial charge in [0, 0.05) is 11.3 Å². The van der Waals surface area contributed by atoms with Gasteiger partial charge in [0.25, 0.3) is 5.91 Å². The molecule has 0 spiro atoms. The average molecular weight is 322 g/mol. The lowest BCUT2D eigenvalue weighted by atomic mass is 10.2. The molecular weight excluding hydrogens is 307 g/mol. The molecule has 0 aliphatic rings. The number of amides is 1. The summed E-state index contributed by atoms with van der Waals surface area (Å²) in [4.78, 5) is 12.1. The van der Waals surface area contributed by atoms with E-state index in [0.717, 1.165) is 6.07 Å². The van der Waals surface area contributed by atoms with E-state index < -0.39 is 21.7 Å². The minimum Gasteiger partial charge on any atom is -0.322 e. The highest BCUT2D eigenvalue weighted by atomic mass is 32.2. The third kappa shape index (κ3) is 3.49.